The first-order valence-electron chi connectivity index (χ1n) is 14.4. The zero-order valence-corrected chi connectivity index (χ0v) is 23.8. The third-order valence-electron chi connectivity index (χ3n) is 7.76. The number of nitrogens with zero attached hydrogens (tertiary/aromatic N) is 1. The minimum atomic E-state index is -0.835. The molecule has 3 aliphatic heterocycles. The molecule has 0 radical (unpaired) electrons. The number of benzene rings is 2. The van der Waals surface area contributed by atoms with Gasteiger partial charge < -0.3 is 33.9 Å². The molecule has 0 spiro atoms. The minimum absolute atomic E-state index is 0.0216. The Morgan fingerprint density at radius 3 is 2.71 bits per heavy atom. The predicted molar refractivity (Wildman–Crippen MR) is 151 cm³/mol. The number of hydrogen-bond donors (Lipinski definition) is 1. The maximum Gasteiger partial charge on any atom is 0.295 e. The van der Waals surface area contributed by atoms with Crippen molar-refractivity contribution in [1.29, 1.82) is 0 Å². The Balaban J connectivity index is 1.53. The normalized spacial score (nSPS) is 22.0. The van der Waals surface area contributed by atoms with Crippen LogP contribution >= 0.6 is 0 Å². The Labute approximate surface area is 240 Å². The molecule has 9 nitrogen and oxygen atoms in total. The Morgan fingerprint density at radius 1 is 1.15 bits per heavy atom. The van der Waals surface area contributed by atoms with Gasteiger partial charge in [0.05, 0.1) is 32.4 Å². The van der Waals surface area contributed by atoms with Crippen molar-refractivity contribution < 1.29 is 38.5 Å². The number of hydrogen-bond acceptors (Lipinski definition) is 7. The summed E-state index contributed by atoms with van der Waals surface area (Å²) in [5, 5.41) is 14.0. The summed E-state index contributed by atoms with van der Waals surface area (Å²) in [6.45, 7) is 12.7. The summed E-state index contributed by atoms with van der Waals surface area (Å²) in [7, 11) is 0. The lowest BCUT2D eigenvalue weighted by atomic mass is 9.94. The van der Waals surface area contributed by atoms with Crippen molar-refractivity contribution in [3.63, 3.8) is 0 Å². The van der Waals surface area contributed by atoms with E-state index in [0.29, 0.717) is 55.2 Å². The standard InChI is InChI=1S/C32H38N2O7/c1-4-15-40-26-10-7-22(20-27(26)39-5-2)29-28(30(35)23-8-9-25-24(19-23)18-21(3)41-25)31(36)32(37)34(29)12-6-11-33-13-16-38-17-14-33/h4,7-10,19-21,29,35H,1,5-6,11-18H2,2-3H3. The van der Waals surface area contributed by atoms with Gasteiger partial charge in [0.1, 0.15) is 31.5 Å². The van der Waals surface area contributed by atoms with Crippen LogP contribution in [-0.4, -0.2) is 75.3 Å². The summed E-state index contributed by atoms with van der Waals surface area (Å²) in [4.78, 5) is 29.9. The number of ketones is 1. The van der Waals surface area contributed by atoms with Gasteiger partial charge in [0.15, 0.2) is 11.5 Å². The van der Waals surface area contributed by atoms with Crippen LogP contribution in [0.25, 0.3) is 5.76 Å². The number of fused-ring (bicyclic) bond motifs is 1. The largest absolute Gasteiger partial charge is 0.872 e. The van der Waals surface area contributed by atoms with Crippen LogP contribution in [0.15, 0.2) is 54.6 Å². The fourth-order valence-electron chi connectivity index (χ4n) is 5.81. The van der Waals surface area contributed by atoms with E-state index < -0.39 is 23.5 Å². The lowest BCUT2D eigenvalue weighted by Crippen LogP contribution is -3.14. The average molecular weight is 563 g/mol. The lowest BCUT2D eigenvalue weighted by Gasteiger charge is -2.29. The molecule has 1 amide bonds. The average Bonchev–Trinajstić information content (AvgIpc) is 3.48. The first-order valence-corrected chi connectivity index (χ1v) is 14.4. The molecule has 0 saturated carbocycles. The number of likely N-dealkylation sites (tertiary alicyclic amines) is 1. The van der Waals surface area contributed by atoms with Gasteiger partial charge >= 0.3 is 0 Å². The Bertz CT molecular complexity index is 1330. The second kappa shape index (κ2) is 12.8. The molecule has 1 N–H and O–H groups in total. The second-order valence-electron chi connectivity index (χ2n) is 10.6. The molecule has 218 valence electrons. The van der Waals surface area contributed by atoms with E-state index in [0.717, 1.165) is 44.2 Å². The molecular weight excluding hydrogens is 524 g/mol. The van der Waals surface area contributed by atoms with Gasteiger partial charge in [0.2, 0.25) is 5.78 Å². The summed E-state index contributed by atoms with van der Waals surface area (Å²) in [5.74, 6) is -0.108. The predicted octanol–water partition coefficient (Wildman–Crippen LogP) is 1.50. The van der Waals surface area contributed by atoms with Crippen LogP contribution in [0.3, 0.4) is 0 Å². The van der Waals surface area contributed by atoms with Crippen molar-refractivity contribution in [3.8, 4) is 17.2 Å². The summed E-state index contributed by atoms with van der Waals surface area (Å²) in [6.07, 6.45) is 3.04. The van der Waals surface area contributed by atoms with Crippen LogP contribution in [0, 0.1) is 0 Å². The van der Waals surface area contributed by atoms with Gasteiger partial charge in [-0.05, 0) is 54.8 Å². The second-order valence-corrected chi connectivity index (χ2v) is 10.6. The zero-order valence-electron chi connectivity index (χ0n) is 23.8. The number of ether oxygens (including phenoxy) is 4. The highest BCUT2D eigenvalue weighted by Crippen LogP contribution is 2.42. The Morgan fingerprint density at radius 2 is 1.95 bits per heavy atom. The van der Waals surface area contributed by atoms with Crippen molar-refractivity contribution in [1.82, 2.24) is 4.90 Å². The van der Waals surface area contributed by atoms with Gasteiger partial charge in [0, 0.05) is 25.0 Å². The molecule has 2 aromatic rings. The number of quaternary nitrogens is 1. The van der Waals surface area contributed by atoms with Crippen molar-refractivity contribution >= 4 is 17.4 Å². The van der Waals surface area contributed by atoms with E-state index in [1.54, 1.807) is 47.4 Å². The maximum atomic E-state index is 14.0. The van der Waals surface area contributed by atoms with Gasteiger partial charge in [-0.25, -0.2) is 0 Å². The molecule has 3 aliphatic rings. The van der Waals surface area contributed by atoms with Gasteiger partial charge in [-0.15, -0.1) is 0 Å². The van der Waals surface area contributed by atoms with Crippen LogP contribution in [0.4, 0.5) is 0 Å². The molecule has 0 bridgehead atoms. The fraction of sp³-hybridized carbons (Fsp3) is 0.438. The van der Waals surface area contributed by atoms with Crippen LogP contribution in [0.1, 0.15) is 43.0 Å². The van der Waals surface area contributed by atoms with E-state index in [4.69, 9.17) is 18.9 Å². The molecule has 0 aliphatic carbocycles. The Kier molecular flexibility index (Phi) is 8.95. The molecule has 2 atom stereocenters. The van der Waals surface area contributed by atoms with Gasteiger partial charge in [-0.1, -0.05) is 30.5 Å². The van der Waals surface area contributed by atoms with Gasteiger partial charge in [-0.2, -0.15) is 0 Å². The number of morpholine rings is 1. The quantitative estimate of drug-likeness (QED) is 0.192. The van der Waals surface area contributed by atoms with E-state index in [1.165, 1.54) is 4.90 Å². The van der Waals surface area contributed by atoms with Gasteiger partial charge in [0.25, 0.3) is 5.91 Å². The molecule has 9 heteroatoms. The summed E-state index contributed by atoms with van der Waals surface area (Å²) in [6, 6.07) is 9.70. The van der Waals surface area contributed by atoms with Crippen molar-refractivity contribution in [3.05, 3.63) is 71.3 Å². The maximum absolute atomic E-state index is 14.0. The molecule has 3 heterocycles. The first-order chi connectivity index (χ1) is 19.9. The fourth-order valence-corrected chi connectivity index (χ4v) is 5.81. The molecule has 5 rings (SSSR count). The topological polar surface area (TPSA) is 102 Å². The van der Waals surface area contributed by atoms with E-state index in [2.05, 4.69) is 6.58 Å². The molecule has 0 aromatic heterocycles. The van der Waals surface area contributed by atoms with Crippen molar-refractivity contribution in [2.45, 2.75) is 38.8 Å². The zero-order chi connectivity index (χ0) is 28.9. The number of carbonyl (C=O) groups excluding carboxylic acids is 2. The minimum Gasteiger partial charge on any atom is -0.872 e. The van der Waals surface area contributed by atoms with Crippen LogP contribution < -0.4 is 24.2 Å². The van der Waals surface area contributed by atoms with Crippen molar-refractivity contribution in [2.75, 3.05) is 52.6 Å². The number of amides is 1. The molecular formula is C32H38N2O7. The molecule has 2 unspecified atom stereocenters. The molecule has 41 heavy (non-hydrogen) atoms. The first kappa shape index (κ1) is 28.7. The molecule has 2 saturated heterocycles. The number of nitrogens with one attached hydrogen (secondary N) is 1. The third-order valence-corrected chi connectivity index (χ3v) is 7.76. The number of carbonyl (C=O) groups is 2. The van der Waals surface area contributed by atoms with E-state index in [1.807, 2.05) is 13.8 Å². The smallest absolute Gasteiger partial charge is 0.295 e. The Hall–Kier alpha value is -3.82. The van der Waals surface area contributed by atoms with Crippen molar-refractivity contribution in [2.24, 2.45) is 0 Å². The monoisotopic (exact) mass is 562 g/mol. The van der Waals surface area contributed by atoms with E-state index >= 15 is 0 Å². The molecule has 2 fully saturated rings. The highest BCUT2D eigenvalue weighted by atomic mass is 16.5. The number of Topliss-reactive ketones (excluding diaryl/α,β-unsaturated/α-hetero) is 1. The highest BCUT2D eigenvalue weighted by Gasteiger charge is 2.44. The van der Waals surface area contributed by atoms with Crippen LogP contribution in [0.2, 0.25) is 0 Å². The van der Waals surface area contributed by atoms with Crippen LogP contribution in [-0.2, 0) is 20.7 Å². The SMILES string of the molecule is C=CCOc1ccc(C2C(=C([O-])c3ccc4c(c3)CC(C)O4)C(=O)C(=O)N2CCC[NH+]2CCOCC2)cc1OCC. The van der Waals surface area contributed by atoms with Gasteiger partial charge in [-0.3, -0.25) is 9.59 Å². The third kappa shape index (κ3) is 6.11. The number of rotatable bonds is 11. The highest BCUT2D eigenvalue weighted by molar-refractivity contribution is 6.46. The van der Waals surface area contributed by atoms with E-state index in [-0.39, 0.29) is 11.7 Å². The lowest BCUT2D eigenvalue weighted by molar-refractivity contribution is -0.908. The van der Waals surface area contributed by atoms with E-state index in [9.17, 15) is 14.7 Å². The summed E-state index contributed by atoms with van der Waals surface area (Å²) in [5.41, 5.74) is 1.88. The summed E-state index contributed by atoms with van der Waals surface area (Å²) < 4.78 is 22.9. The summed E-state index contributed by atoms with van der Waals surface area (Å²) >= 11 is 0. The van der Waals surface area contributed by atoms with Crippen LogP contribution in [0.5, 0.6) is 17.2 Å². The molecule has 2 aromatic carbocycles.